The Morgan fingerprint density at radius 2 is 2.00 bits per heavy atom. The Hall–Kier alpha value is -1.72. The number of hydrogen-bond donors (Lipinski definition) is 1. The topological polar surface area (TPSA) is 68.2 Å². The van der Waals surface area contributed by atoms with Gasteiger partial charge in [-0.05, 0) is 24.8 Å². The van der Waals surface area contributed by atoms with Gasteiger partial charge in [0.15, 0.2) is 5.82 Å². The molecule has 1 aromatic carbocycles. The van der Waals surface area contributed by atoms with Crippen molar-refractivity contribution in [3.8, 4) is 0 Å². The molecule has 1 fully saturated rings. The molecule has 1 aromatic heterocycles. The van der Waals surface area contributed by atoms with E-state index < -0.39 is 0 Å². The molecule has 0 radical (unpaired) electrons. The van der Waals surface area contributed by atoms with Crippen molar-refractivity contribution in [2.45, 2.75) is 31.7 Å². The molecule has 0 spiro atoms. The zero-order valence-electron chi connectivity index (χ0n) is 12.2. The Morgan fingerprint density at radius 1 is 1.19 bits per heavy atom. The van der Waals surface area contributed by atoms with Gasteiger partial charge >= 0.3 is 0 Å². The van der Waals surface area contributed by atoms with E-state index in [1.807, 2.05) is 6.07 Å². The highest BCUT2D eigenvalue weighted by Crippen LogP contribution is 2.38. The zero-order chi connectivity index (χ0) is 14.5. The van der Waals surface area contributed by atoms with Crippen molar-refractivity contribution in [1.82, 2.24) is 15.0 Å². The smallest absolute Gasteiger partial charge is 0.240 e. The maximum atomic E-state index is 5.71. The van der Waals surface area contributed by atoms with E-state index in [9.17, 15) is 0 Å². The summed E-state index contributed by atoms with van der Waals surface area (Å²) in [5.74, 6) is 2.12. The molecule has 5 nitrogen and oxygen atoms in total. The molecule has 1 heterocycles. The number of hydrogen-bond acceptors (Lipinski definition) is 5. The first-order valence-corrected chi connectivity index (χ1v) is 7.64. The molecule has 0 unspecified atom stereocenters. The van der Waals surface area contributed by atoms with Gasteiger partial charge in [0.2, 0.25) is 5.89 Å². The maximum Gasteiger partial charge on any atom is 0.240 e. The van der Waals surface area contributed by atoms with Crippen LogP contribution in [0.25, 0.3) is 0 Å². The lowest BCUT2D eigenvalue weighted by Crippen LogP contribution is -2.31. The average molecular weight is 286 g/mol. The van der Waals surface area contributed by atoms with E-state index in [1.54, 1.807) is 0 Å². The number of nitrogens with zero attached hydrogens (tertiary/aromatic N) is 3. The van der Waals surface area contributed by atoms with E-state index in [1.165, 1.54) is 18.4 Å². The van der Waals surface area contributed by atoms with E-state index in [0.717, 1.165) is 25.3 Å². The molecule has 3 rings (SSSR count). The summed E-state index contributed by atoms with van der Waals surface area (Å²) in [5, 5.41) is 4.07. The summed E-state index contributed by atoms with van der Waals surface area (Å²) < 4.78 is 5.35. The van der Waals surface area contributed by atoms with Gasteiger partial charge in [-0.2, -0.15) is 4.98 Å². The third-order valence-electron chi connectivity index (χ3n) is 3.79. The molecule has 112 valence electrons. The molecule has 1 aliphatic rings. The lowest BCUT2D eigenvalue weighted by atomic mass is 10.1. The van der Waals surface area contributed by atoms with Crippen molar-refractivity contribution >= 4 is 0 Å². The quantitative estimate of drug-likeness (QED) is 0.803. The summed E-state index contributed by atoms with van der Waals surface area (Å²) in [6.45, 7) is 3.11. The predicted molar refractivity (Wildman–Crippen MR) is 80.8 cm³/mol. The van der Waals surface area contributed by atoms with E-state index in [-0.39, 0.29) is 0 Å². The van der Waals surface area contributed by atoms with Crippen molar-refractivity contribution in [1.29, 1.82) is 0 Å². The van der Waals surface area contributed by atoms with Crippen LogP contribution in [0.2, 0.25) is 0 Å². The molecule has 5 heteroatoms. The van der Waals surface area contributed by atoms with E-state index in [0.29, 0.717) is 24.9 Å². The van der Waals surface area contributed by atoms with Gasteiger partial charge in [0.1, 0.15) is 0 Å². The van der Waals surface area contributed by atoms with Gasteiger partial charge < -0.3 is 10.3 Å². The van der Waals surface area contributed by atoms with Gasteiger partial charge in [-0.3, -0.25) is 4.90 Å². The minimum atomic E-state index is 0.537. The van der Waals surface area contributed by atoms with Crippen LogP contribution in [-0.2, 0) is 13.0 Å². The Bertz CT molecular complexity index is 550. The highest BCUT2D eigenvalue weighted by Gasteiger charge is 2.28. The van der Waals surface area contributed by atoms with Crippen LogP contribution in [0.15, 0.2) is 34.9 Å². The van der Waals surface area contributed by atoms with Crippen LogP contribution in [0.3, 0.4) is 0 Å². The molecule has 21 heavy (non-hydrogen) atoms. The number of benzene rings is 1. The fourth-order valence-electron chi connectivity index (χ4n) is 2.42. The monoisotopic (exact) mass is 286 g/mol. The van der Waals surface area contributed by atoms with Crippen LogP contribution in [0.1, 0.15) is 36.0 Å². The van der Waals surface area contributed by atoms with Crippen molar-refractivity contribution in [2.75, 3.05) is 19.6 Å². The SMILES string of the molecule is NCCN(CCc1ccccc1)Cc1nc(C2CC2)no1. The largest absolute Gasteiger partial charge is 0.338 e. The molecule has 1 saturated carbocycles. The molecule has 0 saturated heterocycles. The molecule has 2 aromatic rings. The molecule has 2 N–H and O–H groups in total. The van der Waals surface area contributed by atoms with Crippen molar-refractivity contribution in [3.63, 3.8) is 0 Å². The second-order valence-corrected chi connectivity index (χ2v) is 5.62. The van der Waals surface area contributed by atoms with Crippen molar-refractivity contribution < 1.29 is 4.52 Å². The lowest BCUT2D eigenvalue weighted by Gasteiger charge is -2.19. The molecule has 0 bridgehead atoms. The van der Waals surface area contributed by atoms with Crippen molar-refractivity contribution in [2.24, 2.45) is 5.73 Å². The van der Waals surface area contributed by atoms with Gasteiger partial charge in [0.05, 0.1) is 6.54 Å². The third kappa shape index (κ3) is 4.12. The van der Waals surface area contributed by atoms with E-state index in [4.69, 9.17) is 10.3 Å². The van der Waals surface area contributed by atoms with Crippen LogP contribution in [0.4, 0.5) is 0 Å². The lowest BCUT2D eigenvalue weighted by molar-refractivity contribution is 0.233. The fourth-order valence-corrected chi connectivity index (χ4v) is 2.42. The maximum absolute atomic E-state index is 5.71. The minimum absolute atomic E-state index is 0.537. The Labute approximate surface area is 125 Å². The first-order chi connectivity index (χ1) is 10.3. The summed E-state index contributed by atoms with van der Waals surface area (Å²) in [4.78, 5) is 6.76. The third-order valence-corrected chi connectivity index (χ3v) is 3.79. The van der Waals surface area contributed by atoms with E-state index in [2.05, 4.69) is 39.3 Å². The fraction of sp³-hybridized carbons (Fsp3) is 0.500. The molecular weight excluding hydrogens is 264 g/mol. The summed E-state index contributed by atoms with van der Waals surface area (Å²) in [5.41, 5.74) is 7.04. The Balaban J connectivity index is 1.55. The molecule has 0 atom stereocenters. The van der Waals surface area contributed by atoms with Crippen LogP contribution in [0, 0.1) is 0 Å². The molecule has 0 amide bonds. The highest BCUT2D eigenvalue weighted by atomic mass is 16.5. The van der Waals surface area contributed by atoms with Gasteiger partial charge in [0.25, 0.3) is 0 Å². The number of rotatable bonds is 8. The van der Waals surface area contributed by atoms with Gasteiger partial charge in [0, 0.05) is 25.6 Å². The van der Waals surface area contributed by atoms with Crippen LogP contribution in [-0.4, -0.2) is 34.7 Å². The Kier molecular flexibility index (Phi) is 4.62. The summed E-state index contributed by atoms with van der Waals surface area (Å²) >= 11 is 0. The van der Waals surface area contributed by atoms with Gasteiger partial charge in [-0.1, -0.05) is 35.5 Å². The first kappa shape index (κ1) is 14.2. The number of aromatic nitrogens is 2. The van der Waals surface area contributed by atoms with Gasteiger partial charge in [-0.25, -0.2) is 0 Å². The molecular formula is C16H22N4O. The minimum Gasteiger partial charge on any atom is -0.338 e. The van der Waals surface area contributed by atoms with Crippen molar-refractivity contribution in [3.05, 3.63) is 47.6 Å². The summed E-state index contributed by atoms with van der Waals surface area (Å²) in [7, 11) is 0. The standard InChI is InChI=1S/C16H22N4O/c17-9-11-20(10-8-13-4-2-1-3-5-13)12-15-18-16(19-21-15)14-6-7-14/h1-5,14H,6-12,17H2. The zero-order valence-corrected chi connectivity index (χ0v) is 12.2. The predicted octanol–water partition coefficient (Wildman–Crippen LogP) is 1.95. The van der Waals surface area contributed by atoms with E-state index >= 15 is 0 Å². The van der Waals surface area contributed by atoms with Crippen LogP contribution in [0.5, 0.6) is 0 Å². The Morgan fingerprint density at radius 3 is 2.71 bits per heavy atom. The average Bonchev–Trinajstić information content (AvgIpc) is 3.26. The summed E-state index contributed by atoms with van der Waals surface area (Å²) in [6, 6.07) is 10.5. The highest BCUT2D eigenvalue weighted by molar-refractivity contribution is 5.14. The molecule has 0 aliphatic heterocycles. The number of nitrogens with two attached hydrogens (primary N) is 1. The van der Waals surface area contributed by atoms with Crippen LogP contribution < -0.4 is 5.73 Å². The first-order valence-electron chi connectivity index (χ1n) is 7.64. The summed E-state index contributed by atoms with van der Waals surface area (Å²) in [6.07, 6.45) is 3.39. The second kappa shape index (κ2) is 6.83. The molecule has 1 aliphatic carbocycles. The van der Waals surface area contributed by atoms with Gasteiger partial charge in [-0.15, -0.1) is 0 Å². The van der Waals surface area contributed by atoms with Crippen LogP contribution >= 0.6 is 0 Å². The normalized spacial score (nSPS) is 14.8. The second-order valence-electron chi connectivity index (χ2n) is 5.62.